The van der Waals surface area contributed by atoms with Crippen LogP contribution >= 0.6 is 0 Å². The lowest BCUT2D eigenvalue weighted by molar-refractivity contribution is -0.121. The van der Waals surface area contributed by atoms with Crippen molar-refractivity contribution >= 4 is 17.6 Å². The van der Waals surface area contributed by atoms with E-state index in [1.165, 1.54) is 14.2 Å². The molecule has 5 heteroatoms. The number of carbonyl (C=O) groups is 2. The maximum atomic E-state index is 13.2. The molecule has 26 heavy (non-hydrogen) atoms. The van der Waals surface area contributed by atoms with E-state index in [-0.39, 0.29) is 11.5 Å². The molecule has 1 aliphatic carbocycles. The SMILES string of the molecule is COC(=O)c1cc(NC(=O)C2(c3ccccc3)CCCC2)ccc1OC. The van der Waals surface area contributed by atoms with Gasteiger partial charge in [-0.2, -0.15) is 0 Å². The van der Waals surface area contributed by atoms with Crippen LogP contribution in [0.2, 0.25) is 0 Å². The third-order valence-electron chi connectivity index (χ3n) is 5.08. The van der Waals surface area contributed by atoms with Crippen LogP contribution in [-0.2, 0) is 14.9 Å². The van der Waals surface area contributed by atoms with Crippen LogP contribution in [0.1, 0.15) is 41.6 Å². The molecule has 0 atom stereocenters. The van der Waals surface area contributed by atoms with Gasteiger partial charge in [-0.25, -0.2) is 4.79 Å². The van der Waals surface area contributed by atoms with Gasteiger partial charge in [0.25, 0.3) is 0 Å². The van der Waals surface area contributed by atoms with E-state index in [1.807, 2.05) is 30.3 Å². The molecule has 0 saturated heterocycles. The van der Waals surface area contributed by atoms with Crippen molar-refractivity contribution < 1.29 is 19.1 Å². The first-order valence-electron chi connectivity index (χ1n) is 8.74. The summed E-state index contributed by atoms with van der Waals surface area (Å²) in [5.74, 6) is -0.132. The van der Waals surface area contributed by atoms with Gasteiger partial charge in [-0.15, -0.1) is 0 Å². The molecule has 0 bridgehead atoms. The Labute approximate surface area is 153 Å². The zero-order valence-corrected chi connectivity index (χ0v) is 15.1. The van der Waals surface area contributed by atoms with Gasteiger partial charge in [0.1, 0.15) is 11.3 Å². The van der Waals surface area contributed by atoms with E-state index in [0.29, 0.717) is 11.4 Å². The molecule has 1 aliphatic rings. The predicted octanol–water partition coefficient (Wildman–Crippen LogP) is 3.93. The van der Waals surface area contributed by atoms with E-state index >= 15 is 0 Å². The van der Waals surface area contributed by atoms with Crippen molar-refractivity contribution in [1.29, 1.82) is 0 Å². The van der Waals surface area contributed by atoms with E-state index in [4.69, 9.17) is 9.47 Å². The second kappa shape index (κ2) is 7.60. The fourth-order valence-corrected chi connectivity index (χ4v) is 3.69. The van der Waals surface area contributed by atoms with Crippen LogP contribution < -0.4 is 10.1 Å². The molecule has 1 saturated carbocycles. The van der Waals surface area contributed by atoms with Crippen molar-refractivity contribution in [3.63, 3.8) is 0 Å². The molecule has 3 rings (SSSR count). The predicted molar refractivity (Wildman–Crippen MR) is 99.6 cm³/mol. The zero-order valence-electron chi connectivity index (χ0n) is 15.1. The molecule has 2 aromatic carbocycles. The summed E-state index contributed by atoms with van der Waals surface area (Å²) in [6.45, 7) is 0. The molecule has 0 aromatic heterocycles. The van der Waals surface area contributed by atoms with Crippen LogP contribution in [0.25, 0.3) is 0 Å². The van der Waals surface area contributed by atoms with Crippen molar-refractivity contribution in [2.75, 3.05) is 19.5 Å². The fourth-order valence-electron chi connectivity index (χ4n) is 3.69. The normalized spacial score (nSPS) is 15.3. The van der Waals surface area contributed by atoms with Gasteiger partial charge >= 0.3 is 5.97 Å². The number of hydrogen-bond acceptors (Lipinski definition) is 4. The third kappa shape index (κ3) is 3.29. The zero-order chi connectivity index (χ0) is 18.6. The highest BCUT2D eigenvalue weighted by Gasteiger charge is 2.42. The number of nitrogens with one attached hydrogen (secondary N) is 1. The maximum Gasteiger partial charge on any atom is 0.341 e. The molecule has 0 heterocycles. The second-order valence-electron chi connectivity index (χ2n) is 6.52. The number of amides is 1. The number of anilines is 1. The van der Waals surface area contributed by atoms with Crippen LogP contribution in [0.5, 0.6) is 5.75 Å². The molecule has 2 aromatic rings. The number of ether oxygens (including phenoxy) is 2. The van der Waals surface area contributed by atoms with Gasteiger partial charge in [0.05, 0.1) is 19.6 Å². The van der Waals surface area contributed by atoms with Crippen LogP contribution in [0.15, 0.2) is 48.5 Å². The maximum absolute atomic E-state index is 13.2. The van der Waals surface area contributed by atoms with E-state index in [1.54, 1.807) is 18.2 Å². The smallest absolute Gasteiger partial charge is 0.341 e. The minimum atomic E-state index is -0.521. The van der Waals surface area contributed by atoms with Crippen molar-refractivity contribution in [3.05, 3.63) is 59.7 Å². The average Bonchev–Trinajstić information content (AvgIpc) is 3.19. The summed E-state index contributed by atoms with van der Waals surface area (Å²) >= 11 is 0. The lowest BCUT2D eigenvalue weighted by Crippen LogP contribution is -2.38. The van der Waals surface area contributed by atoms with Crippen molar-refractivity contribution in [2.45, 2.75) is 31.1 Å². The average molecular weight is 353 g/mol. The first kappa shape index (κ1) is 18.0. The Bertz CT molecular complexity index is 795. The Morgan fingerprint density at radius 2 is 1.69 bits per heavy atom. The van der Waals surface area contributed by atoms with Crippen LogP contribution in [-0.4, -0.2) is 26.1 Å². The van der Waals surface area contributed by atoms with Gasteiger partial charge in [-0.1, -0.05) is 43.2 Å². The van der Waals surface area contributed by atoms with Gasteiger partial charge in [0.15, 0.2) is 0 Å². The van der Waals surface area contributed by atoms with Crippen LogP contribution in [0.4, 0.5) is 5.69 Å². The van der Waals surface area contributed by atoms with Gasteiger partial charge < -0.3 is 14.8 Å². The first-order chi connectivity index (χ1) is 12.6. The molecule has 0 spiro atoms. The molecule has 1 N–H and O–H groups in total. The number of esters is 1. The summed E-state index contributed by atoms with van der Waals surface area (Å²) in [6.07, 6.45) is 3.70. The van der Waals surface area contributed by atoms with Gasteiger partial charge in [-0.3, -0.25) is 4.79 Å². The monoisotopic (exact) mass is 353 g/mol. The molecule has 0 unspecified atom stereocenters. The second-order valence-corrected chi connectivity index (χ2v) is 6.52. The van der Waals surface area contributed by atoms with E-state index in [9.17, 15) is 9.59 Å². The van der Waals surface area contributed by atoms with Crippen molar-refractivity contribution in [3.8, 4) is 5.75 Å². The van der Waals surface area contributed by atoms with Crippen molar-refractivity contribution in [2.24, 2.45) is 0 Å². The Kier molecular flexibility index (Phi) is 5.26. The molecule has 0 aliphatic heterocycles. The van der Waals surface area contributed by atoms with Crippen molar-refractivity contribution in [1.82, 2.24) is 0 Å². The minimum absolute atomic E-state index is 0.0396. The van der Waals surface area contributed by atoms with E-state index in [0.717, 1.165) is 31.2 Å². The summed E-state index contributed by atoms with van der Waals surface area (Å²) in [5.41, 5.74) is 1.36. The summed E-state index contributed by atoms with van der Waals surface area (Å²) in [7, 11) is 2.80. The van der Waals surface area contributed by atoms with Crippen LogP contribution in [0, 0.1) is 0 Å². The highest BCUT2D eigenvalue weighted by atomic mass is 16.5. The molecule has 1 amide bonds. The Morgan fingerprint density at radius 1 is 1.00 bits per heavy atom. The van der Waals surface area contributed by atoms with E-state index < -0.39 is 11.4 Å². The highest BCUT2D eigenvalue weighted by molar-refractivity contribution is 6.01. The summed E-state index contributed by atoms with van der Waals surface area (Å²) in [4.78, 5) is 25.1. The number of benzene rings is 2. The molecule has 5 nitrogen and oxygen atoms in total. The molecule has 0 radical (unpaired) electrons. The van der Waals surface area contributed by atoms with Gasteiger partial charge in [0, 0.05) is 5.69 Å². The van der Waals surface area contributed by atoms with Gasteiger partial charge in [-0.05, 0) is 36.6 Å². The Balaban J connectivity index is 1.90. The highest BCUT2D eigenvalue weighted by Crippen LogP contribution is 2.42. The number of rotatable bonds is 5. The minimum Gasteiger partial charge on any atom is -0.496 e. The number of methoxy groups -OCH3 is 2. The largest absolute Gasteiger partial charge is 0.496 e. The number of hydrogen-bond donors (Lipinski definition) is 1. The van der Waals surface area contributed by atoms with Crippen LogP contribution in [0.3, 0.4) is 0 Å². The third-order valence-corrected chi connectivity index (χ3v) is 5.08. The quantitative estimate of drug-likeness (QED) is 0.827. The molecular formula is C21H23NO4. The summed E-state index contributed by atoms with van der Waals surface area (Å²) < 4.78 is 10.00. The standard InChI is InChI=1S/C21H23NO4/c1-25-18-11-10-16(14-17(18)19(23)26-2)22-20(24)21(12-6-7-13-21)15-8-4-3-5-9-15/h3-5,8-11,14H,6-7,12-13H2,1-2H3,(H,22,24). The number of carbonyl (C=O) groups excluding carboxylic acids is 2. The molecule has 1 fully saturated rings. The Hall–Kier alpha value is -2.82. The lowest BCUT2D eigenvalue weighted by Gasteiger charge is -2.28. The molecular weight excluding hydrogens is 330 g/mol. The first-order valence-corrected chi connectivity index (χ1v) is 8.74. The summed E-state index contributed by atoms with van der Waals surface area (Å²) in [6, 6.07) is 14.9. The fraction of sp³-hybridized carbons (Fsp3) is 0.333. The topological polar surface area (TPSA) is 64.6 Å². The van der Waals surface area contributed by atoms with E-state index in [2.05, 4.69) is 5.32 Å². The summed E-state index contributed by atoms with van der Waals surface area (Å²) in [5, 5.41) is 2.99. The molecule has 136 valence electrons. The van der Waals surface area contributed by atoms with Gasteiger partial charge in [0.2, 0.25) is 5.91 Å². The Morgan fingerprint density at radius 3 is 2.31 bits per heavy atom. The lowest BCUT2D eigenvalue weighted by atomic mass is 9.78.